The van der Waals surface area contributed by atoms with Crippen molar-refractivity contribution in [3.05, 3.63) is 48.2 Å². The van der Waals surface area contributed by atoms with Crippen molar-refractivity contribution in [2.75, 3.05) is 18.4 Å². The molecule has 2 aromatic heterocycles. The standard InChI is InChI=1S/C23H30N6O/c1-23(2,3)22(30)28-12-4-5-18(28)14-25-20-10-11-21-26-15-19(29(21)27-20)17-8-6-16(13-24)7-9-17/h6-11,15,18H,4-5,12-14,24H2,1-3H3,(H,25,27). The van der Waals surface area contributed by atoms with Gasteiger partial charge in [-0.1, -0.05) is 45.0 Å². The van der Waals surface area contributed by atoms with Gasteiger partial charge in [-0.05, 0) is 30.5 Å². The minimum atomic E-state index is -0.356. The maximum absolute atomic E-state index is 12.7. The Morgan fingerprint density at radius 2 is 1.97 bits per heavy atom. The summed E-state index contributed by atoms with van der Waals surface area (Å²) in [5, 5.41) is 8.18. The average molecular weight is 407 g/mol. The van der Waals surface area contributed by atoms with Crippen LogP contribution in [0.1, 0.15) is 39.2 Å². The highest BCUT2D eigenvalue weighted by Gasteiger charge is 2.34. The molecular weight excluding hydrogens is 376 g/mol. The van der Waals surface area contributed by atoms with Crippen molar-refractivity contribution in [1.82, 2.24) is 19.5 Å². The predicted octanol–water partition coefficient (Wildman–Crippen LogP) is 3.30. The number of nitrogens with zero attached hydrogens (tertiary/aromatic N) is 4. The fraction of sp³-hybridized carbons (Fsp3) is 0.435. The molecule has 1 aromatic carbocycles. The van der Waals surface area contributed by atoms with Gasteiger partial charge in [-0.15, -0.1) is 5.10 Å². The van der Waals surface area contributed by atoms with Gasteiger partial charge in [0.25, 0.3) is 0 Å². The summed E-state index contributed by atoms with van der Waals surface area (Å²) in [6, 6.07) is 12.2. The topological polar surface area (TPSA) is 88.5 Å². The van der Waals surface area contributed by atoms with Crippen molar-refractivity contribution >= 4 is 17.4 Å². The SMILES string of the molecule is CC(C)(C)C(=O)N1CCCC1CNc1ccc2ncc(-c3ccc(CN)cc3)n2n1. The lowest BCUT2D eigenvalue weighted by Gasteiger charge is -2.31. The number of anilines is 1. The fourth-order valence-electron chi connectivity index (χ4n) is 3.94. The number of nitrogens with one attached hydrogen (secondary N) is 1. The molecule has 4 rings (SSSR count). The van der Waals surface area contributed by atoms with Gasteiger partial charge >= 0.3 is 0 Å². The third-order valence-corrected chi connectivity index (χ3v) is 5.65. The van der Waals surface area contributed by atoms with Crippen LogP contribution in [-0.2, 0) is 11.3 Å². The molecule has 1 fully saturated rings. The predicted molar refractivity (Wildman–Crippen MR) is 119 cm³/mol. The van der Waals surface area contributed by atoms with Crippen molar-refractivity contribution < 1.29 is 4.79 Å². The smallest absolute Gasteiger partial charge is 0.228 e. The Kier molecular flexibility index (Phi) is 5.47. The zero-order valence-electron chi connectivity index (χ0n) is 17.9. The Morgan fingerprint density at radius 3 is 2.67 bits per heavy atom. The fourth-order valence-corrected chi connectivity index (χ4v) is 3.94. The van der Waals surface area contributed by atoms with Crippen molar-refractivity contribution in [3.8, 4) is 11.3 Å². The first-order valence-electron chi connectivity index (χ1n) is 10.6. The van der Waals surface area contributed by atoms with Crippen LogP contribution >= 0.6 is 0 Å². The lowest BCUT2D eigenvalue weighted by molar-refractivity contribution is -0.140. The van der Waals surface area contributed by atoms with Crippen LogP contribution in [0.25, 0.3) is 16.9 Å². The van der Waals surface area contributed by atoms with Crippen LogP contribution in [-0.4, -0.2) is 44.5 Å². The van der Waals surface area contributed by atoms with Crippen LogP contribution in [0.3, 0.4) is 0 Å². The van der Waals surface area contributed by atoms with Gasteiger partial charge in [-0.3, -0.25) is 4.79 Å². The number of carbonyl (C=O) groups is 1. The quantitative estimate of drug-likeness (QED) is 0.679. The third kappa shape index (κ3) is 4.03. The molecule has 0 bridgehead atoms. The minimum Gasteiger partial charge on any atom is -0.367 e. The molecule has 1 amide bonds. The van der Waals surface area contributed by atoms with E-state index in [1.165, 1.54) is 0 Å². The number of carbonyl (C=O) groups excluding carboxylic acids is 1. The molecule has 0 radical (unpaired) electrons. The number of amides is 1. The van der Waals surface area contributed by atoms with Crippen LogP contribution in [0, 0.1) is 5.41 Å². The molecule has 3 N–H and O–H groups in total. The van der Waals surface area contributed by atoms with Crippen molar-refractivity contribution in [3.63, 3.8) is 0 Å². The summed E-state index contributed by atoms with van der Waals surface area (Å²) in [5.74, 6) is 0.989. The van der Waals surface area contributed by atoms with Gasteiger partial charge in [-0.25, -0.2) is 9.50 Å². The molecule has 1 saturated heterocycles. The van der Waals surface area contributed by atoms with Crippen LogP contribution in [0.2, 0.25) is 0 Å². The number of rotatable bonds is 5. The van der Waals surface area contributed by atoms with Gasteiger partial charge in [0.1, 0.15) is 5.82 Å². The second kappa shape index (κ2) is 8.07. The van der Waals surface area contributed by atoms with E-state index in [2.05, 4.69) is 10.3 Å². The monoisotopic (exact) mass is 406 g/mol. The summed E-state index contributed by atoms with van der Waals surface area (Å²) in [5.41, 5.74) is 9.21. The molecule has 1 unspecified atom stereocenters. The number of aromatic nitrogens is 3. The van der Waals surface area contributed by atoms with Crippen LogP contribution in [0.15, 0.2) is 42.6 Å². The molecule has 0 saturated carbocycles. The molecule has 1 aliphatic heterocycles. The molecule has 1 atom stereocenters. The average Bonchev–Trinajstić information content (AvgIpc) is 3.37. The first-order valence-corrected chi connectivity index (χ1v) is 10.6. The molecule has 7 nitrogen and oxygen atoms in total. The Labute approximate surface area is 177 Å². The number of likely N-dealkylation sites (tertiary alicyclic amines) is 1. The van der Waals surface area contributed by atoms with Crippen molar-refractivity contribution in [2.24, 2.45) is 11.1 Å². The van der Waals surface area contributed by atoms with E-state index in [-0.39, 0.29) is 17.4 Å². The van der Waals surface area contributed by atoms with Gasteiger partial charge in [0, 0.05) is 36.7 Å². The summed E-state index contributed by atoms with van der Waals surface area (Å²) >= 11 is 0. The normalized spacial score (nSPS) is 16.9. The molecule has 3 heterocycles. The number of hydrogen-bond acceptors (Lipinski definition) is 5. The van der Waals surface area contributed by atoms with Crippen LogP contribution in [0.5, 0.6) is 0 Å². The second-order valence-corrected chi connectivity index (χ2v) is 8.96. The van der Waals surface area contributed by atoms with E-state index in [4.69, 9.17) is 10.8 Å². The summed E-state index contributed by atoms with van der Waals surface area (Å²) in [6.07, 6.45) is 3.90. The van der Waals surface area contributed by atoms with Crippen LogP contribution in [0.4, 0.5) is 5.82 Å². The number of hydrogen-bond donors (Lipinski definition) is 2. The summed E-state index contributed by atoms with van der Waals surface area (Å²) in [6.45, 7) is 7.99. The molecular formula is C23H30N6O. The third-order valence-electron chi connectivity index (χ3n) is 5.65. The van der Waals surface area contributed by atoms with Crippen molar-refractivity contribution in [1.29, 1.82) is 0 Å². The van der Waals surface area contributed by atoms with E-state index in [1.54, 1.807) is 0 Å². The molecule has 30 heavy (non-hydrogen) atoms. The molecule has 0 spiro atoms. The highest BCUT2D eigenvalue weighted by molar-refractivity contribution is 5.82. The lowest BCUT2D eigenvalue weighted by Crippen LogP contribution is -2.45. The van der Waals surface area contributed by atoms with E-state index in [0.717, 1.165) is 47.7 Å². The Bertz CT molecular complexity index is 1030. The first kappa shape index (κ1) is 20.3. The highest BCUT2D eigenvalue weighted by Crippen LogP contribution is 2.26. The summed E-state index contributed by atoms with van der Waals surface area (Å²) in [4.78, 5) is 19.2. The largest absolute Gasteiger partial charge is 0.367 e. The Morgan fingerprint density at radius 1 is 1.20 bits per heavy atom. The van der Waals surface area contributed by atoms with E-state index in [9.17, 15) is 4.79 Å². The van der Waals surface area contributed by atoms with Crippen LogP contribution < -0.4 is 11.1 Å². The van der Waals surface area contributed by atoms with E-state index >= 15 is 0 Å². The number of benzene rings is 1. The lowest BCUT2D eigenvalue weighted by atomic mass is 9.94. The second-order valence-electron chi connectivity index (χ2n) is 8.96. The summed E-state index contributed by atoms with van der Waals surface area (Å²) < 4.78 is 1.85. The highest BCUT2D eigenvalue weighted by atomic mass is 16.2. The van der Waals surface area contributed by atoms with E-state index in [0.29, 0.717) is 13.1 Å². The minimum absolute atomic E-state index is 0.195. The maximum atomic E-state index is 12.7. The van der Waals surface area contributed by atoms with E-state index < -0.39 is 0 Å². The molecule has 158 valence electrons. The Balaban J connectivity index is 1.52. The molecule has 1 aliphatic rings. The van der Waals surface area contributed by atoms with Gasteiger partial charge in [0.05, 0.1) is 11.9 Å². The number of nitrogens with two attached hydrogens (primary N) is 1. The first-order chi connectivity index (χ1) is 14.4. The van der Waals surface area contributed by atoms with Gasteiger partial charge in [0.15, 0.2) is 5.65 Å². The Hall–Kier alpha value is -2.93. The zero-order chi connectivity index (χ0) is 21.3. The van der Waals surface area contributed by atoms with Gasteiger partial charge < -0.3 is 16.0 Å². The number of fused-ring (bicyclic) bond motifs is 1. The van der Waals surface area contributed by atoms with E-state index in [1.807, 2.05) is 72.8 Å². The van der Waals surface area contributed by atoms with Crippen molar-refractivity contribution in [2.45, 2.75) is 46.2 Å². The molecule has 0 aliphatic carbocycles. The number of imidazole rings is 1. The maximum Gasteiger partial charge on any atom is 0.228 e. The molecule has 3 aromatic rings. The molecule has 7 heteroatoms. The summed E-state index contributed by atoms with van der Waals surface area (Å²) in [7, 11) is 0. The zero-order valence-corrected chi connectivity index (χ0v) is 17.9. The van der Waals surface area contributed by atoms with Gasteiger partial charge in [-0.2, -0.15) is 0 Å². The van der Waals surface area contributed by atoms with Gasteiger partial charge in [0.2, 0.25) is 5.91 Å².